The van der Waals surface area contributed by atoms with E-state index in [4.69, 9.17) is 9.47 Å². The van der Waals surface area contributed by atoms with Gasteiger partial charge in [0.2, 0.25) is 5.88 Å². The molecule has 20 heavy (non-hydrogen) atoms. The van der Waals surface area contributed by atoms with Crippen LogP contribution in [0.1, 0.15) is 16.8 Å². The van der Waals surface area contributed by atoms with E-state index in [0.29, 0.717) is 24.6 Å². The first-order chi connectivity index (χ1) is 9.84. The van der Waals surface area contributed by atoms with Crippen molar-refractivity contribution < 1.29 is 14.3 Å². The summed E-state index contributed by atoms with van der Waals surface area (Å²) >= 11 is 0. The molecule has 1 N–H and O–H groups in total. The van der Waals surface area contributed by atoms with Gasteiger partial charge in [0, 0.05) is 39.1 Å². The zero-order chi connectivity index (χ0) is 13.8. The number of aromatic nitrogens is 2. The second kappa shape index (κ2) is 6.23. The molecule has 2 aliphatic heterocycles. The summed E-state index contributed by atoms with van der Waals surface area (Å²) in [6, 6.07) is 0. The highest BCUT2D eigenvalue weighted by Crippen LogP contribution is 2.21. The number of aryl methyl sites for hydroxylation is 1. The molecule has 1 aromatic heterocycles. The van der Waals surface area contributed by atoms with Crippen molar-refractivity contribution in [3.8, 4) is 5.88 Å². The van der Waals surface area contributed by atoms with Crippen molar-refractivity contribution >= 4 is 5.91 Å². The molecule has 1 amide bonds. The van der Waals surface area contributed by atoms with Crippen molar-refractivity contribution in [1.29, 1.82) is 0 Å². The maximum atomic E-state index is 12.1. The molecule has 1 saturated heterocycles. The Hall–Kier alpha value is -1.60. The number of ether oxygens (including phenoxy) is 2. The van der Waals surface area contributed by atoms with Crippen molar-refractivity contribution in [2.24, 2.45) is 0 Å². The molecule has 3 heterocycles. The first-order valence-corrected chi connectivity index (χ1v) is 7.11. The summed E-state index contributed by atoms with van der Waals surface area (Å²) in [6.45, 7) is 6.36. The van der Waals surface area contributed by atoms with Crippen molar-refractivity contribution in [2.45, 2.75) is 13.0 Å². The molecule has 2 aliphatic rings. The topological polar surface area (TPSA) is 68.6 Å². The number of hydrogen-bond acceptors (Lipinski definition) is 5. The van der Waals surface area contributed by atoms with E-state index in [9.17, 15) is 4.79 Å². The molecule has 7 heteroatoms. The lowest BCUT2D eigenvalue weighted by atomic mass is 10.3. The molecule has 0 radical (unpaired) electrons. The Morgan fingerprint density at radius 1 is 1.30 bits per heavy atom. The average Bonchev–Trinajstić information content (AvgIpc) is 2.92. The maximum Gasteiger partial charge on any atom is 0.258 e. The summed E-state index contributed by atoms with van der Waals surface area (Å²) in [5.41, 5.74) is 0.534. The molecule has 0 spiro atoms. The first kappa shape index (κ1) is 13.4. The second-order valence-electron chi connectivity index (χ2n) is 5.00. The van der Waals surface area contributed by atoms with Crippen molar-refractivity contribution in [3.05, 3.63) is 11.8 Å². The lowest BCUT2D eigenvalue weighted by molar-refractivity contribution is 0.0383. The second-order valence-corrected chi connectivity index (χ2v) is 5.00. The number of fused-ring (bicyclic) bond motifs is 1. The van der Waals surface area contributed by atoms with E-state index in [1.54, 1.807) is 10.9 Å². The normalized spacial score (nSPS) is 19.2. The van der Waals surface area contributed by atoms with Crippen LogP contribution in [0.3, 0.4) is 0 Å². The molecule has 0 saturated carbocycles. The standard InChI is InChI=1S/C13H20N4O3/c18-12(14-2-4-16-5-8-19-9-6-16)11-10-15-17-3-1-7-20-13(11)17/h10H,1-9H2,(H,14,18). The number of nitrogens with zero attached hydrogens (tertiary/aromatic N) is 3. The summed E-state index contributed by atoms with van der Waals surface area (Å²) in [5, 5.41) is 7.11. The highest BCUT2D eigenvalue weighted by atomic mass is 16.5. The van der Waals surface area contributed by atoms with Gasteiger partial charge in [-0.05, 0) is 0 Å². The third-order valence-corrected chi connectivity index (χ3v) is 3.61. The largest absolute Gasteiger partial charge is 0.477 e. The zero-order valence-corrected chi connectivity index (χ0v) is 11.5. The molecule has 0 aromatic carbocycles. The smallest absolute Gasteiger partial charge is 0.258 e. The van der Waals surface area contributed by atoms with E-state index in [0.717, 1.165) is 45.8 Å². The van der Waals surface area contributed by atoms with Crippen molar-refractivity contribution in [2.75, 3.05) is 46.0 Å². The Balaban J connectivity index is 1.50. The molecular weight excluding hydrogens is 260 g/mol. The Labute approximate surface area is 117 Å². The number of rotatable bonds is 4. The van der Waals surface area contributed by atoms with E-state index >= 15 is 0 Å². The Bertz CT molecular complexity index is 468. The fraction of sp³-hybridized carbons (Fsp3) is 0.692. The van der Waals surface area contributed by atoms with Crippen LogP contribution in [0.15, 0.2) is 6.20 Å². The van der Waals surface area contributed by atoms with E-state index < -0.39 is 0 Å². The van der Waals surface area contributed by atoms with Gasteiger partial charge in [-0.3, -0.25) is 9.69 Å². The van der Waals surface area contributed by atoms with Gasteiger partial charge in [-0.15, -0.1) is 0 Å². The van der Waals surface area contributed by atoms with Gasteiger partial charge >= 0.3 is 0 Å². The van der Waals surface area contributed by atoms with E-state index in [-0.39, 0.29) is 5.91 Å². The summed E-state index contributed by atoms with van der Waals surface area (Å²) in [6.07, 6.45) is 2.53. The summed E-state index contributed by atoms with van der Waals surface area (Å²) in [5.74, 6) is 0.488. The molecule has 3 rings (SSSR count). The predicted molar refractivity (Wildman–Crippen MR) is 71.9 cm³/mol. The monoisotopic (exact) mass is 280 g/mol. The minimum absolute atomic E-state index is 0.110. The summed E-state index contributed by atoms with van der Waals surface area (Å²) in [7, 11) is 0. The van der Waals surface area contributed by atoms with Gasteiger partial charge in [0.05, 0.1) is 26.0 Å². The van der Waals surface area contributed by atoms with Crippen LogP contribution in [0.25, 0.3) is 0 Å². The third kappa shape index (κ3) is 2.94. The van der Waals surface area contributed by atoms with Crippen LogP contribution >= 0.6 is 0 Å². The van der Waals surface area contributed by atoms with Crippen molar-refractivity contribution in [3.63, 3.8) is 0 Å². The lowest BCUT2D eigenvalue weighted by Crippen LogP contribution is -2.41. The molecule has 1 aromatic rings. The Kier molecular flexibility index (Phi) is 4.17. The van der Waals surface area contributed by atoms with E-state index in [1.165, 1.54) is 0 Å². The zero-order valence-electron chi connectivity index (χ0n) is 11.5. The minimum atomic E-state index is -0.110. The molecule has 110 valence electrons. The van der Waals surface area contributed by atoms with Gasteiger partial charge in [0.1, 0.15) is 5.56 Å². The molecule has 0 unspecified atom stereocenters. The van der Waals surface area contributed by atoms with E-state index in [1.807, 2.05) is 0 Å². The third-order valence-electron chi connectivity index (χ3n) is 3.61. The van der Waals surface area contributed by atoms with Crippen LogP contribution in [-0.4, -0.2) is 66.6 Å². The number of morpholine rings is 1. The number of carbonyl (C=O) groups is 1. The predicted octanol–water partition coefficient (Wildman–Crippen LogP) is -0.272. The minimum Gasteiger partial charge on any atom is -0.477 e. The first-order valence-electron chi connectivity index (χ1n) is 7.11. The van der Waals surface area contributed by atoms with Gasteiger partial charge < -0.3 is 14.8 Å². The highest BCUT2D eigenvalue weighted by molar-refractivity contribution is 5.96. The van der Waals surface area contributed by atoms with Crippen LogP contribution in [0.4, 0.5) is 0 Å². The number of amides is 1. The molecule has 0 aliphatic carbocycles. The quantitative estimate of drug-likeness (QED) is 0.822. The average molecular weight is 280 g/mol. The summed E-state index contributed by atoms with van der Waals surface area (Å²) < 4.78 is 12.6. The summed E-state index contributed by atoms with van der Waals surface area (Å²) in [4.78, 5) is 14.4. The highest BCUT2D eigenvalue weighted by Gasteiger charge is 2.21. The van der Waals surface area contributed by atoms with Gasteiger partial charge in [-0.2, -0.15) is 5.10 Å². The Morgan fingerprint density at radius 3 is 3.00 bits per heavy atom. The number of carbonyl (C=O) groups excluding carboxylic acids is 1. The van der Waals surface area contributed by atoms with Crippen LogP contribution in [-0.2, 0) is 11.3 Å². The maximum absolute atomic E-state index is 12.1. The number of nitrogens with one attached hydrogen (secondary N) is 1. The molecule has 1 fully saturated rings. The molecule has 0 bridgehead atoms. The van der Waals surface area contributed by atoms with Crippen LogP contribution in [0, 0.1) is 0 Å². The van der Waals surface area contributed by atoms with Gasteiger partial charge in [0.15, 0.2) is 0 Å². The Morgan fingerprint density at radius 2 is 2.15 bits per heavy atom. The van der Waals surface area contributed by atoms with E-state index in [2.05, 4.69) is 15.3 Å². The number of hydrogen-bond donors (Lipinski definition) is 1. The van der Waals surface area contributed by atoms with Gasteiger partial charge in [-0.1, -0.05) is 0 Å². The molecule has 0 atom stereocenters. The fourth-order valence-corrected chi connectivity index (χ4v) is 2.47. The van der Waals surface area contributed by atoms with Crippen molar-refractivity contribution in [1.82, 2.24) is 20.0 Å². The lowest BCUT2D eigenvalue weighted by Gasteiger charge is -2.26. The van der Waals surface area contributed by atoms with Crippen LogP contribution < -0.4 is 10.1 Å². The van der Waals surface area contributed by atoms with Gasteiger partial charge in [-0.25, -0.2) is 4.68 Å². The van der Waals surface area contributed by atoms with Gasteiger partial charge in [0.25, 0.3) is 5.91 Å². The molecular formula is C13H20N4O3. The van der Waals surface area contributed by atoms with Crippen LogP contribution in [0.5, 0.6) is 5.88 Å². The molecule has 7 nitrogen and oxygen atoms in total. The fourth-order valence-electron chi connectivity index (χ4n) is 2.47. The SMILES string of the molecule is O=C(NCCN1CCOCC1)c1cnn2c1OCCC2. The van der Waals surface area contributed by atoms with Crippen LogP contribution in [0.2, 0.25) is 0 Å².